The van der Waals surface area contributed by atoms with Crippen molar-refractivity contribution in [3.8, 4) is 0 Å². The number of hydrogen-bond acceptors (Lipinski definition) is 7. The number of fused-ring (bicyclic) bond motifs is 1. The lowest BCUT2D eigenvalue weighted by Gasteiger charge is -2.34. The van der Waals surface area contributed by atoms with Gasteiger partial charge in [0, 0.05) is 23.5 Å². The highest BCUT2D eigenvalue weighted by atomic mass is 32.2. The second kappa shape index (κ2) is 11.0. The first-order valence-corrected chi connectivity index (χ1v) is 12.3. The van der Waals surface area contributed by atoms with Gasteiger partial charge in [-0.15, -0.1) is 0 Å². The maximum absolute atomic E-state index is 13.3. The van der Waals surface area contributed by atoms with Gasteiger partial charge in [0.15, 0.2) is 5.76 Å². The van der Waals surface area contributed by atoms with Crippen molar-refractivity contribution < 1.29 is 44.8 Å². The molecule has 0 fully saturated rings. The second-order valence-corrected chi connectivity index (χ2v) is 9.10. The van der Waals surface area contributed by atoms with Crippen LogP contribution in [0.2, 0.25) is 0 Å². The molecule has 1 aliphatic carbocycles. The molecule has 0 heterocycles. The van der Waals surface area contributed by atoms with E-state index in [9.17, 15) is 31.2 Å². The number of halogens is 3. The van der Waals surface area contributed by atoms with E-state index in [0.29, 0.717) is 11.1 Å². The molecule has 0 amide bonds. The van der Waals surface area contributed by atoms with Crippen molar-refractivity contribution in [3.05, 3.63) is 89.0 Å². The Balaban J connectivity index is 2.36. The highest BCUT2D eigenvalue weighted by Crippen LogP contribution is 2.48. The van der Waals surface area contributed by atoms with Crippen molar-refractivity contribution in [2.45, 2.75) is 25.3 Å². The van der Waals surface area contributed by atoms with Gasteiger partial charge in [-0.1, -0.05) is 60.7 Å². The molecule has 0 aliphatic heterocycles. The Kier molecular flexibility index (Phi) is 8.24. The van der Waals surface area contributed by atoms with E-state index in [1.54, 1.807) is 49.4 Å². The van der Waals surface area contributed by atoms with E-state index in [1.807, 2.05) is 0 Å². The van der Waals surface area contributed by atoms with Gasteiger partial charge in [-0.05, 0) is 25.0 Å². The summed E-state index contributed by atoms with van der Waals surface area (Å²) in [5.41, 5.74) is -5.20. The minimum atomic E-state index is -6.15. The summed E-state index contributed by atoms with van der Waals surface area (Å²) < 4.78 is 78.5. The Morgan fingerprint density at radius 3 is 2.17 bits per heavy atom. The van der Waals surface area contributed by atoms with Gasteiger partial charge in [-0.25, -0.2) is 9.59 Å². The van der Waals surface area contributed by atoms with Gasteiger partial charge in [0.25, 0.3) is 0 Å². The SMILES string of the molecule is CCOC(=O)/C=C/[C@H]1C(C(=O)OCC)=C(OS(=O)(=O)C(F)(F)F)c2ccccc2C1c1ccccc1. The number of allylic oxidation sites excluding steroid dienone is 1. The van der Waals surface area contributed by atoms with E-state index in [2.05, 4.69) is 4.18 Å². The van der Waals surface area contributed by atoms with Gasteiger partial charge in [0.05, 0.1) is 18.8 Å². The molecular formula is C25H23F3O7S. The minimum Gasteiger partial charge on any atom is -0.463 e. The number of benzene rings is 2. The molecule has 192 valence electrons. The van der Waals surface area contributed by atoms with E-state index >= 15 is 0 Å². The minimum absolute atomic E-state index is 0.0250. The summed E-state index contributed by atoms with van der Waals surface area (Å²) in [6.07, 6.45) is 2.31. The molecule has 1 unspecified atom stereocenters. The Morgan fingerprint density at radius 1 is 0.944 bits per heavy atom. The molecule has 0 bridgehead atoms. The van der Waals surface area contributed by atoms with Crippen LogP contribution in [-0.4, -0.2) is 39.1 Å². The van der Waals surface area contributed by atoms with Crippen molar-refractivity contribution in [2.24, 2.45) is 5.92 Å². The number of carbonyl (C=O) groups excluding carboxylic acids is 2. The normalized spacial score (nSPS) is 18.0. The maximum Gasteiger partial charge on any atom is 0.534 e. The molecule has 0 saturated carbocycles. The van der Waals surface area contributed by atoms with Crippen molar-refractivity contribution >= 4 is 27.8 Å². The number of esters is 2. The maximum atomic E-state index is 13.3. The predicted molar refractivity (Wildman–Crippen MR) is 124 cm³/mol. The van der Waals surface area contributed by atoms with Crippen LogP contribution in [-0.2, 0) is 33.4 Å². The summed E-state index contributed by atoms with van der Waals surface area (Å²) in [7, 11) is -6.15. The van der Waals surface area contributed by atoms with Gasteiger partial charge in [-0.3, -0.25) is 0 Å². The molecule has 0 radical (unpaired) electrons. The molecule has 7 nitrogen and oxygen atoms in total. The Morgan fingerprint density at radius 2 is 1.56 bits per heavy atom. The van der Waals surface area contributed by atoms with E-state index in [1.165, 1.54) is 25.1 Å². The van der Waals surface area contributed by atoms with Crippen molar-refractivity contribution in [1.82, 2.24) is 0 Å². The molecular weight excluding hydrogens is 501 g/mol. The molecule has 36 heavy (non-hydrogen) atoms. The lowest BCUT2D eigenvalue weighted by atomic mass is 9.70. The number of alkyl halides is 3. The van der Waals surface area contributed by atoms with Crippen LogP contribution in [0, 0.1) is 5.92 Å². The summed E-state index contributed by atoms with van der Waals surface area (Å²) in [6, 6.07) is 14.8. The standard InChI is InChI=1S/C25H23F3O7S/c1-3-33-20(29)15-14-19-21(16-10-6-5-7-11-16)17-12-8-9-13-18(17)23(22(19)24(30)34-4-2)35-36(31,32)25(26,27)28/h5-15,19,21H,3-4H2,1-2H3/b15-14+/t19-,21?/m1/s1. The highest BCUT2D eigenvalue weighted by molar-refractivity contribution is 7.87. The lowest BCUT2D eigenvalue weighted by molar-refractivity contribution is -0.139. The summed E-state index contributed by atoms with van der Waals surface area (Å²) in [6.45, 7) is 3.00. The molecule has 0 N–H and O–H groups in total. The van der Waals surface area contributed by atoms with Crippen LogP contribution in [0.25, 0.3) is 5.76 Å². The first-order chi connectivity index (χ1) is 17.0. The molecule has 0 spiro atoms. The van der Waals surface area contributed by atoms with E-state index in [-0.39, 0.29) is 18.8 Å². The van der Waals surface area contributed by atoms with Crippen LogP contribution >= 0.6 is 0 Å². The van der Waals surface area contributed by atoms with Crippen LogP contribution in [0.5, 0.6) is 0 Å². The highest BCUT2D eigenvalue weighted by Gasteiger charge is 2.51. The summed E-state index contributed by atoms with van der Waals surface area (Å²) in [4.78, 5) is 25.2. The smallest absolute Gasteiger partial charge is 0.463 e. The monoisotopic (exact) mass is 524 g/mol. The van der Waals surface area contributed by atoms with Crippen LogP contribution in [0.15, 0.2) is 72.3 Å². The summed E-state index contributed by atoms with van der Waals surface area (Å²) >= 11 is 0. The fourth-order valence-corrected chi connectivity index (χ4v) is 4.44. The molecule has 3 rings (SSSR count). The van der Waals surface area contributed by atoms with Crippen LogP contribution < -0.4 is 0 Å². The summed E-state index contributed by atoms with van der Waals surface area (Å²) in [5, 5.41) is 0. The average molecular weight is 525 g/mol. The molecule has 2 atom stereocenters. The molecule has 2 aromatic carbocycles. The number of ether oxygens (including phenoxy) is 2. The number of carbonyl (C=O) groups is 2. The first-order valence-electron chi connectivity index (χ1n) is 10.9. The second-order valence-electron chi connectivity index (χ2n) is 7.56. The molecule has 0 aromatic heterocycles. The topological polar surface area (TPSA) is 96.0 Å². The van der Waals surface area contributed by atoms with Gasteiger partial charge >= 0.3 is 27.6 Å². The number of rotatable bonds is 8. The largest absolute Gasteiger partial charge is 0.534 e. The quantitative estimate of drug-likeness (QED) is 0.214. The van der Waals surface area contributed by atoms with Crippen LogP contribution in [0.4, 0.5) is 13.2 Å². The first kappa shape index (κ1) is 27.0. The van der Waals surface area contributed by atoms with E-state index in [4.69, 9.17) is 9.47 Å². The molecule has 1 aliphatic rings. The zero-order chi connectivity index (χ0) is 26.5. The molecule has 0 saturated heterocycles. The fraction of sp³-hybridized carbons (Fsp3) is 0.280. The Labute approximate surface area is 206 Å². The number of hydrogen-bond donors (Lipinski definition) is 0. The fourth-order valence-electron chi connectivity index (χ4n) is 3.94. The molecule has 11 heteroatoms. The van der Waals surface area contributed by atoms with Crippen LogP contribution in [0.1, 0.15) is 36.5 Å². The zero-order valence-electron chi connectivity index (χ0n) is 19.3. The zero-order valence-corrected chi connectivity index (χ0v) is 20.1. The van der Waals surface area contributed by atoms with Crippen molar-refractivity contribution in [3.63, 3.8) is 0 Å². The van der Waals surface area contributed by atoms with Gasteiger partial charge in [-0.2, -0.15) is 21.6 Å². The third-order valence-corrected chi connectivity index (χ3v) is 6.29. The van der Waals surface area contributed by atoms with Crippen LogP contribution in [0.3, 0.4) is 0 Å². The summed E-state index contributed by atoms with van der Waals surface area (Å²) in [5.74, 6) is -4.49. The van der Waals surface area contributed by atoms with Crippen molar-refractivity contribution in [2.75, 3.05) is 13.2 Å². The lowest BCUT2D eigenvalue weighted by Crippen LogP contribution is -2.31. The average Bonchev–Trinajstić information content (AvgIpc) is 2.82. The van der Waals surface area contributed by atoms with Gasteiger partial charge in [0.2, 0.25) is 0 Å². The predicted octanol–water partition coefficient (Wildman–Crippen LogP) is 4.71. The third-order valence-electron chi connectivity index (χ3n) is 5.33. The van der Waals surface area contributed by atoms with E-state index in [0.717, 1.165) is 6.08 Å². The Hall–Kier alpha value is -3.60. The van der Waals surface area contributed by atoms with Gasteiger partial charge < -0.3 is 13.7 Å². The van der Waals surface area contributed by atoms with Gasteiger partial charge in [0.1, 0.15) is 0 Å². The molecule has 2 aromatic rings. The Bertz CT molecular complexity index is 1280. The third kappa shape index (κ3) is 5.62. The van der Waals surface area contributed by atoms with E-state index < -0.39 is 50.7 Å². The van der Waals surface area contributed by atoms with Crippen molar-refractivity contribution in [1.29, 1.82) is 0 Å².